The molecule has 1 aromatic rings. The fourth-order valence-electron chi connectivity index (χ4n) is 2.56. The molecule has 7 heteroatoms. The highest BCUT2D eigenvalue weighted by Crippen LogP contribution is 2.14. The van der Waals surface area contributed by atoms with Crippen molar-refractivity contribution in [2.24, 2.45) is 0 Å². The molecule has 0 bridgehead atoms. The third kappa shape index (κ3) is 5.68. The van der Waals surface area contributed by atoms with Crippen molar-refractivity contribution in [3.63, 3.8) is 0 Å². The summed E-state index contributed by atoms with van der Waals surface area (Å²) < 4.78 is 0. The number of nitrogens with one attached hydrogen (secondary N) is 1. The van der Waals surface area contributed by atoms with Gasteiger partial charge in [0, 0.05) is 49.7 Å². The Bertz CT molecular complexity index is 540. The molecular weight excluding hydrogens is 337 g/mol. The highest BCUT2D eigenvalue weighted by Gasteiger charge is 2.22. The predicted octanol–water partition coefficient (Wildman–Crippen LogP) is 2.05. The first-order valence-electron chi connectivity index (χ1n) is 7.59. The van der Waals surface area contributed by atoms with Crippen LogP contribution in [0.1, 0.15) is 23.2 Å². The smallest absolute Gasteiger partial charge is 0.253 e. The van der Waals surface area contributed by atoms with Crippen LogP contribution in [-0.4, -0.2) is 61.4 Å². The molecule has 0 spiro atoms. The standard InChI is InChI=1S/C16H22ClN3O2.ClH/c1-18-7-6-15(21)19-8-3-9-20(11-10-19)16(22)13-4-2-5-14(17)12-13;/h2,4-5,12,18H,3,6-11H2,1H3;1H. The number of nitrogens with zero attached hydrogens (tertiary/aromatic N) is 2. The molecule has 0 radical (unpaired) electrons. The average Bonchev–Trinajstić information content (AvgIpc) is 2.78. The van der Waals surface area contributed by atoms with Gasteiger partial charge in [0.1, 0.15) is 0 Å². The maximum absolute atomic E-state index is 12.5. The third-order valence-electron chi connectivity index (χ3n) is 3.80. The third-order valence-corrected chi connectivity index (χ3v) is 4.03. The van der Waals surface area contributed by atoms with Gasteiger partial charge in [0.15, 0.2) is 0 Å². The molecule has 1 N–H and O–H groups in total. The number of halogens is 2. The molecule has 1 fully saturated rings. The van der Waals surface area contributed by atoms with Crippen molar-refractivity contribution >= 4 is 35.8 Å². The van der Waals surface area contributed by atoms with E-state index in [-0.39, 0.29) is 24.2 Å². The average molecular weight is 360 g/mol. The number of amides is 2. The normalized spacial score (nSPS) is 14.9. The van der Waals surface area contributed by atoms with Crippen molar-refractivity contribution in [3.05, 3.63) is 34.9 Å². The Morgan fingerprint density at radius 2 is 1.87 bits per heavy atom. The monoisotopic (exact) mass is 359 g/mol. The van der Waals surface area contributed by atoms with E-state index in [0.29, 0.717) is 49.7 Å². The molecule has 1 aliphatic rings. The molecule has 1 aromatic carbocycles. The Kier molecular flexibility index (Phi) is 8.37. The van der Waals surface area contributed by atoms with Gasteiger partial charge in [-0.2, -0.15) is 0 Å². The molecule has 5 nitrogen and oxygen atoms in total. The van der Waals surface area contributed by atoms with Gasteiger partial charge in [0.05, 0.1) is 0 Å². The van der Waals surface area contributed by atoms with E-state index in [0.717, 1.165) is 6.42 Å². The van der Waals surface area contributed by atoms with Gasteiger partial charge in [-0.15, -0.1) is 12.4 Å². The maximum atomic E-state index is 12.5. The fraction of sp³-hybridized carbons (Fsp3) is 0.500. The van der Waals surface area contributed by atoms with Gasteiger partial charge in [-0.3, -0.25) is 9.59 Å². The Morgan fingerprint density at radius 3 is 2.57 bits per heavy atom. The summed E-state index contributed by atoms with van der Waals surface area (Å²) in [6.45, 7) is 3.22. The summed E-state index contributed by atoms with van der Waals surface area (Å²) in [6, 6.07) is 6.99. The number of benzene rings is 1. The van der Waals surface area contributed by atoms with Crippen LogP contribution in [0.2, 0.25) is 5.02 Å². The summed E-state index contributed by atoms with van der Waals surface area (Å²) in [5.41, 5.74) is 0.599. The molecule has 0 saturated carbocycles. The molecule has 128 valence electrons. The Hall–Kier alpha value is -1.30. The molecule has 2 amide bonds. The van der Waals surface area contributed by atoms with Gasteiger partial charge >= 0.3 is 0 Å². The van der Waals surface area contributed by atoms with E-state index >= 15 is 0 Å². The number of hydrogen-bond acceptors (Lipinski definition) is 3. The van der Waals surface area contributed by atoms with Crippen LogP contribution in [0.5, 0.6) is 0 Å². The predicted molar refractivity (Wildman–Crippen MR) is 94.3 cm³/mol. The van der Waals surface area contributed by atoms with Crippen LogP contribution in [0.15, 0.2) is 24.3 Å². The second kappa shape index (κ2) is 9.75. The minimum atomic E-state index is -0.0213. The second-order valence-electron chi connectivity index (χ2n) is 5.39. The zero-order valence-corrected chi connectivity index (χ0v) is 14.8. The van der Waals surface area contributed by atoms with Gasteiger partial charge in [-0.25, -0.2) is 0 Å². The summed E-state index contributed by atoms with van der Waals surface area (Å²) >= 11 is 5.94. The molecule has 1 saturated heterocycles. The highest BCUT2D eigenvalue weighted by molar-refractivity contribution is 6.30. The van der Waals surface area contributed by atoms with Crippen LogP contribution in [0, 0.1) is 0 Å². The van der Waals surface area contributed by atoms with Gasteiger partial charge in [-0.05, 0) is 31.7 Å². The topological polar surface area (TPSA) is 52.7 Å². The maximum Gasteiger partial charge on any atom is 0.253 e. The minimum Gasteiger partial charge on any atom is -0.341 e. The number of carbonyl (C=O) groups excluding carboxylic acids is 2. The Labute approximate surface area is 148 Å². The Balaban J connectivity index is 0.00000264. The molecule has 0 aliphatic carbocycles. The van der Waals surface area contributed by atoms with Crippen molar-refractivity contribution in [3.8, 4) is 0 Å². The van der Waals surface area contributed by atoms with E-state index in [9.17, 15) is 9.59 Å². The van der Waals surface area contributed by atoms with Crippen LogP contribution >= 0.6 is 24.0 Å². The summed E-state index contributed by atoms with van der Waals surface area (Å²) in [7, 11) is 1.83. The van der Waals surface area contributed by atoms with E-state index in [2.05, 4.69) is 5.32 Å². The van der Waals surface area contributed by atoms with Gasteiger partial charge < -0.3 is 15.1 Å². The summed E-state index contributed by atoms with van der Waals surface area (Å²) in [4.78, 5) is 28.2. The number of hydrogen-bond donors (Lipinski definition) is 1. The van der Waals surface area contributed by atoms with Gasteiger partial charge in [0.2, 0.25) is 5.91 Å². The van der Waals surface area contributed by atoms with E-state index in [1.54, 1.807) is 29.2 Å². The summed E-state index contributed by atoms with van der Waals surface area (Å²) in [6.07, 6.45) is 1.30. The second-order valence-corrected chi connectivity index (χ2v) is 5.83. The molecular formula is C16H23Cl2N3O2. The lowest BCUT2D eigenvalue weighted by Gasteiger charge is -2.22. The lowest BCUT2D eigenvalue weighted by atomic mass is 10.2. The number of carbonyl (C=O) groups is 2. The molecule has 0 atom stereocenters. The quantitative estimate of drug-likeness (QED) is 0.894. The first-order chi connectivity index (χ1) is 10.6. The van der Waals surface area contributed by atoms with Crippen molar-refractivity contribution in [2.45, 2.75) is 12.8 Å². The SMILES string of the molecule is CNCCC(=O)N1CCCN(C(=O)c2cccc(Cl)c2)CC1.Cl. The van der Waals surface area contributed by atoms with Crippen molar-refractivity contribution < 1.29 is 9.59 Å². The fourth-order valence-corrected chi connectivity index (χ4v) is 2.75. The first kappa shape index (κ1) is 19.7. The van der Waals surface area contributed by atoms with E-state index in [1.165, 1.54) is 0 Å². The van der Waals surface area contributed by atoms with E-state index in [4.69, 9.17) is 11.6 Å². The van der Waals surface area contributed by atoms with E-state index in [1.807, 2.05) is 11.9 Å². The summed E-state index contributed by atoms with van der Waals surface area (Å²) in [5.74, 6) is 0.124. The van der Waals surface area contributed by atoms with Crippen LogP contribution < -0.4 is 5.32 Å². The van der Waals surface area contributed by atoms with Crippen LogP contribution in [0.3, 0.4) is 0 Å². The molecule has 0 unspecified atom stereocenters. The molecule has 23 heavy (non-hydrogen) atoms. The van der Waals surface area contributed by atoms with Crippen LogP contribution in [-0.2, 0) is 4.79 Å². The number of rotatable bonds is 4. The lowest BCUT2D eigenvalue weighted by Crippen LogP contribution is -2.38. The van der Waals surface area contributed by atoms with Crippen molar-refractivity contribution in [1.29, 1.82) is 0 Å². The van der Waals surface area contributed by atoms with E-state index < -0.39 is 0 Å². The zero-order valence-electron chi connectivity index (χ0n) is 13.3. The minimum absolute atomic E-state index is 0. The molecule has 1 heterocycles. The summed E-state index contributed by atoms with van der Waals surface area (Å²) in [5, 5.41) is 3.54. The van der Waals surface area contributed by atoms with Crippen LogP contribution in [0.4, 0.5) is 0 Å². The first-order valence-corrected chi connectivity index (χ1v) is 7.97. The van der Waals surface area contributed by atoms with Gasteiger partial charge in [0.25, 0.3) is 5.91 Å². The van der Waals surface area contributed by atoms with Crippen molar-refractivity contribution in [2.75, 3.05) is 39.8 Å². The van der Waals surface area contributed by atoms with Crippen LogP contribution in [0.25, 0.3) is 0 Å². The highest BCUT2D eigenvalue weighted by atomic mass is 35.5. The molecule has 2 rings (SSSR count). The van der Waals surface area contributed by atoms with Gasteiger partial charge in [-0.1, -0.05) is 17.7 Å². The molecule has 0 aromatic heterocycles. The lowest BCUT2D eigenvalue weighted by molar-refractivity contribution is -0.130. The molecule has 1 aliphatic heterocycles. The largest absolute Gasteiger partial charge is 0.341 e. The zero-order chi connectivity index (χ0) is 15.9. The Morgan fingerprint density at radius 1 is 1.17 bits per heavy atom. The van der Waals surface area contributed by atoms with Crippen molar-refractivity contribution in [1.82, 2.24) is 15.1 Å².